The average Bonchev–Trinajstić information content (AvgIpc) is 2.01. The van der Waals surface area contributed by atoms with Crippen LogP contribution in [0.5, 0.6) is 0 Å². The van der Waals surface area contributed by atoms with Crippen molar-refractivity contribution >= 4 is 8.32 Å². The van der Waals surface area contributed by atoms with E-state index in [0.29, 0.717) is 5.54 Å². The largest absolute Gasteiger partial charge is 0.415 e. The summed E-state index contributed by atoms with van der Waals surface area (Å²) in [6.45, 7) is 12.9. The van der Waals surface area contributed by atoms with Crippen LogP contribution >= 0.6 is 0 Å². The van der Waals surface area contributed by atoms with E-state index in [1.54, 1.807) is 0 Å². The van der Waals surface area contributed by atoms with Crippen LogP contribution in [0.4, 0.5) is 0 Å². The van der Waals surface area contributed by atoms with Crippen LogP contribution in [0, 0.1) is 0 Å². The number of rotatable bonds is 7. The Morgan fingerprint density at radius 3 is 2.07 bits per heavy atom. The van der Waals surface area contributed by atoms with Crippen LogP contribution in [-0.4, -0.2) is 25.6 Å². The van der Waals surface area contributed by atoms with Gasteiger partial charge in [0, 0.05) is 11.6 Å². The molecule has 2 nitrogen and oxygen atoms in total. The van der Waals surface area contributed by atoms with Crippen LogP contribution in [0.3, 0.4) is 0 Å². The fourth-order valence-corrected chi connectivity index (χ4v) is 5.89. The van der Waals surface area contributed by atoms with Crippen LogP contribution in [0.2, 0.25) is 18.6 Å². The van der Waals surface area contributed by atoms with Crippen molar-refractivity contribution in [3.8, 4) is 0 Å². The van der Waals surface area contributed by atoms with E-state index in [1.807, 2.05) is 0 Å². The summed E-state index contributed by atoms with van der Waals surface area (Å²) in [5.74, 6) is 0. The van der Waals surface area contributed by atoms with Gasteiger partial charge in [-0.15, -0.1) is 0 Å². The van der Waals surface area contributed by atoms with Gasteiger partial charge in [-0.05, 0) is 33.4 Å². The van der Waals surface area contributed by atoms with Crippen molar-refractivity contribution in [2.75, 3.05) is 0 Å². The molecule has 0 aromatic heterocycles. The second kappa shape index (κ2) is 6.66. The van der Waals surface area contributed by atoms with Crippen molar-refractivity contribution in [2.45, 2.75) is 77.8 Å². The minimum atomic E-state index is -1.75. The molecule has 1 N–H and O–H groups in total. The molecule has 0 fully saturated rings. The Morgan fingerprint density at radius 1 is 1.20 bits per heavy atom. The SMILES string of the molecule is CCC[C@@H](O)[C@@H](CC)[Si](C)(C)OC(C)C. The first-order valence-electron chi connectivity index (χ1n) is 6.21. The monoisotopic (exact) mass is 232 g/mol. The molecule has 0 aromatic carbocycles. The van der Waals surface area contributed by atoms with E-state index in [4.69, 9.17) is 4.43 Å². The molecular formula is C12H28O2Si. The van der Waals surface area contributed by atoms with Gasteiger partial charge < -0.3 is 9.53 Å². The van der Waals surface area contributed by atoms with Gasteiger partial charge in [0.15, 0.2) is 8.32 Å². The molecule has 15 heavy (non-hydrogen) atoms. The van der Waals surface area contributed by atoms with E-state index in [9.17, 15) is 5.11 Å². The second-order valence-corrected chi connectivity index (χ2v) is 9.33. The number of aliphatic hydroxyl groups excluding tert-OH is 1. The van der Waals surface area contributed by atoms with Crippen molar-refractivity contribution in [1.29, 1.82) is 0 Å². The molecule has 0 aromatic rings. The van der Waals surface area contributed by atoms with E-state index in [0.717, 1.165) is 19.3 Å². The minimum Gasteiger partial charge on any atom is -0.415 e. The maximum absolute atomic E-state index is 10.1. The molecular weight excluding hydrogens is 204 g/mol. The van der Waals surface area contributed by atoms with Crippen molar-refractivity contribution in [2.24, 2.45) is 0 Å². The third-order valence-corrected chi connectivity index (χ3v) is 6.58. The van der Waals surface area contributed by atoms with Gasteiger partial charge >= 0.3 is 0 Å². The fourth-order valence-electron chi connectivity index (χ4n) is 2.42. The lowest BCUT2D eigenvalue weighted by Gasteiger charge is -2.36. The molecule has 2 atom stereocenters. The van der Waals surface area contributed by atoms with Crippen LogP contribution in [0.1, 0.15) is 47.0 Å². The van der Waals surface area contributed by atoms with Crippen molar-refractivity contribution < 1.29 is 9.53 Å². The molecule has 0 amide bonds. The maximum atomic E-state index is 10.1. The first-order chi connectivity index (χ1) is 6.85. The highest BCUT2D eigenvalue weighted by atomic mass is 28.4. The summed E-state index contributed by atoms with van der Waals surface area (Å²) in [5, 5.41) is 10.1. The summed E-state index contributed by atoms with van der Waals surface area (Å²) in [5.41, 5.74) is 0.361. The number of aliphatic hydroxyl groups is 1. The highest BCUT2D eigenvalue weighted by Gasteiger charge is 2.37. The Hall–Kier alpha value is 0.137. The molecule has 0 radical (unpaired) electrons. The molecule has 0 aliphatic rings. The van der Waals surface area contributed by atoms with Crippen molar-refractivity contribution in [3.63, 3.8) is 0 Å². The van der Waals surface area contributed by atoms with Gasteiger partial charge in [-0.25, -0.2) is 0 Å². The zero-order valence-corrected chi connectivity index (χ0v) is 12.2. The maximum Gasteiger partial charge on any atom is 0.192 e. The lowest BCUT2D eigenvalue weighted by Crippen LogP contribution is -2.43. The Bertz CT molecular complexity index is 169. The molecule has 0 heterocycles. The van der Waals surface area contributed by atoms with E-state index in [-0.39, 0.29) is 12.2 Å². The smallest absolute Gasteiger partial charge is 0.192 e. The molecule has 92 valence electrons. The second-order valence-electron chi connectivity index (χ2n) is 5.14. The van der Waals surface area contributed by atoms with Gasteiger partial charge in [-0.3, -0.25) is 0 Å². The first-order valence-corrected chi connectivity index (χ1v) is 9.19. The number of hydrogen-bond acceptors (Lipinski definition) is 2. The van der Waals surface area contributed by atoms with Gasteiger partial charge in [0.25, 0.3) is 0 Å². The van der Waals surface area contributed by atoms with E-state index >= 15 is 0 Å². The molecule has 0 spiro atoms. The topological polar surface area (TPSA) is 29.5 Å². The minimum absolute atomic E-state index is 0.180. The molecule has 0 bridgehead atoms. The Balaban J connectivity index is 4.48. The summed E-state index contributed by atoms with van der Waals surface area (Å²) in [4.78, 5) is 0. The van der Waals surface area contributed by atoms with E-state index < -0.39 is 8.32 Å². The Labute approximate surface area is 96.2 Å². The highest BCUT2D eigenvalue weighted by Crippen LogP contribution is 2.32. The standard InChI is InChI=1S/C12H28O2Si/c1-7-9-11(13)12(8-2)15(5,6)14-10(3)4/h10-13H,7-9H2,1-6H3/t11-,12-/m1/s1. The summed E-state index contributed by atoms with van der Waals surface area (Å²) >= 11 is 0. The molecule has 3 heteroatoms. The van der Waals surface area contributed by atoms with Gasteiger partial charge in [-0.2, -0.15) is 0 Å². The summed E-state index contributed by atoms with van der Waals surface area (Å²) in [6, 6.07) is 0. The predicted molar refractivity (Wildman–Crippen MR) is 68.7 cm³/mol. The third kappa shape index (κ3) is 5.14. The summed E-state index contributed by atoms with van der Waals surface area (Å²) < 4.78 is 6.04. The van der Waals surface area contributed by atoms with E-state index in [2.05, 4.69) is 40.8 Å². The molecule has 0 aliphatic heterocycles. The van der Waals surface area contributed by atoms with Crippen LogP contribution in [-0.2, 0) is 4.43 Å². The fraction of sp³-hybridized carbons (Fsp3) is 1.00. The van der Waals surface area contributed by atoms with Gasteiger partial charge in [0.2, 0.25) is 0 Å². The Morgan fingerprint density at radius 2 is 1.73 bits per heavy atom. The van der Waals surface area contributed by atoms with Crippen molar-refractivity contribution in [1.82, 2.24) is 0 Å². The molecule has 0 rings (SSSR count). The summed E-state index contributed by atoms with van der Waals surface area (Å²) in [6.07, 6.45) is 3.06. The van der Waals surface area contributed by atoms with E-state index in [1.165, 1.54) is 0 Å². The zero-order valence-electron chi connectivity index (χ0n) is 11.2. The zero-order chi connectivity index (χ0) is 12.1. The number of hydrogen-bond donors (Lipinski definition) is 1. The Kier molecular flexibility index (Phi) is 6.72. The first kappa shape index (κ1) is 15.1. The molecule has 0 saturated heterocycles. The van der Waals surface area contributed by atoms with Crippen LogP contribution in [0.25, 0.3) is 0 Å². The highest BCUT2D eigenvalue weighted by molar-refractivity contribution is 6.72. The predicted octanol–water partition coefficient (Wildman–Crippen LogP) is 3.56. The third-order valence-electron chi connectivity index (χ3n) is 2.92. The van der Waals surface area contributed by atoms with Crippen LogP contribution < -0.4 is 0 Å². The molecule has 0 aliphatic carbocycles. The van der Waals surface area contributed by atoms with Gasteiger partial charge in [0.1, 0.15) is 0 Å². The quantitative estimate of drug-likeness (QED) is 0.680. The van der Waals surface area contributed by atoms with Gasteiger partial charge in [0.05, 0.1) is 6.10 Å². The normalized spacial score (nSPS) is 16.8. The van der Waals surface area contributed by atoms with Crippen molar-refractivity contribution in [3.05, 3.63) is 0 Å². The lowest BCUT2D eigenvalue weighted by molar-refractivity contribution is 0.131. The molecule has 0 saturated carbocycles. The van der Waals surface area contributed by atoms with Gasteiger partial charge in [-0.1, -0.05) is 26.7 Å². The molecule has 0 unspecified atom stereocenters. The average molecular weight is 232 g/mol. The van der Waals surface area contributed by atoms with Crippen LogP contribution in [0.15, 0.2) is 0 Å². The lowest BCUT2D eigenvalue weighted by atomic mass is 10.1. The summed E-state index contributed by atoms with van der Waals surface area (Å²) in [7, 11) is -1.75.